The molecule has 0 heterocycles. The summed E-state index contributed by atoms with van der Waals surface area (Å²) in [7, 11) is 1.62. The average Bonchev–Trinajstić information content (AvgIpc) is 2.65. The van der Waals surface area contributed by atoms with E-state index in [9.17, 15) is 9.59 Å². The Morgan fingerprint density at radius 1 is 0.964 bits per heavy atom. The van der Waals surface area contributed by atoms with Crippen molar-refractivity contribution in [2.45, 2.75) is 20.4 Å². The molecule has 0 radical (unpaired) electrons. The number of benzene rings is 2. The first-order chi connectivity index (χ1) is 13.4. The molecule has 0 spiro atoms. The second-order valence-electron chi connectivity index (χ2n) is 7.00. The molecule has 146 valence electrons. The van der Waals surface area contributed by atoms with Gasteiger partial charge in [0, 0.05) is 19.3 Å². The molecule has 5 heteroatoms. The molecule has 5 nitrogen and oxygen atoms in total. The summed E-state index contributed by atoms with van der Waals surface area (Å²) in [6.45, 7) is 5.11. The lowest BCUT2D eigenvalue weighted by atomic mass is 10.1. The van der Waals surface area contributed by atoms with Gasteiger partial charge in [-0.05, 0) is 31.5 Å². The molecule has 0 aliphatic carbocycles. The standard InChI is InChI=1S/C23H27N3O2/c1-5-14-26(15-20-10-6-18(2)7-11-20)17-23(28)25(4)16-22(27)24-21-12-8-19(3)9-13-21/h1,6-13H,14-17H2,2-4H3,(H,24,27). The molecule has 0 aromatic heterocycles. The van der Waals surface area contributed by atoms with Crippen LogP contribution in [0.25, 0.3) is 0 Å². The first-order valence-corrected chi connectivity index (χ1v) is 9.19. The van der Waals surface area contributed by atoms with E-state index in [1.165, 1.54) is 10.5 Å². The molecule has 0 unspecified atom stereocenters. The minimum Gasteiger partial charge on any atom is -0.335 e. The van der Waals surface area contributed by atoms with Gasteiger partial charge in [0.05, 0.1) is 19.6 Å². The third-order valence-corrected chi connectivity index (χ3v) is 4.34. The van der Waals surface area contributed by atoms with Crippen LogP contribution in [0.1, 0.15) is 16.7 Å². The molecule has 28 heavy (non-hydrogen) atoms. The first kappa shape index (κ1) is 21.2. The minimum atomic E-state index is -0.235. The maximum absolute atomic E-state index is 12.5. The van der Waals surface area contributed by atoms with Gasteiger partial charge in [0.15, 0.2) is 0 Å². The van der Waals surface area contributed by atoms with Crippen LogP contribution in [-0.2, 0) is 16.1 Å². The van der Waals surface area contributed by atoms with Gasteiger partial charge in [-0.3, -0.25) is 14.5 Å². The van der Waals surface area contributed by atoms with E-state index in [4.69, 9.17) is 6.42 Å². The normalized spacial score (nSPS) is 10.4. The molecule has 2 aromatic carbocycles. The number of aryl methyl sites for hydroxylation is 2. The third-order valence-electron chi connectivity index (χ3n) is 4.34. The highest BCUT2D eigenvalue weighted by Crippen LogP contribution is 2.09. The Kier molecular flexibility index (Phi) is 7.79. The Morgan fingerprint density at radius 3 is 2.11 bits per heavy atom. The second-order valence-corrected chi connectivity index (χ2v) is 7.00. The second kappa shape index (κ2) is 10.3. The number of nitrogens with zero attached hydrogens (tertiary/aromatic N) is 2. The van der Waals surface area contributed by atoms with Crippen LogP contribution in [0.2, 0.25) is 0 Å². The molecule has 0 saturated heterocycles. The van der Waals surface area contributed by atoms with Crippen LogP contribution in [0.3, 0.4) is 0 Å². The fourth-order valence-corrected chi connectivity index (χ4v) is 2.70. The summed E-state index contributed by atoms with van der Waals surface area (Å²) in [6, 6.07) is 15.7. The van der Waals surface area contributed by atoms with Gasteiger partial charge in [0.1, 0.15) is 0 Å². The summed E-state index contributed by atoms with van der Waals surface area (Å²) in [5, 5.41) is 2.80. The van der Waals surface area contributed by atoms with E-state index in [1.807, 2.05) is 67.3 Å². The number of hydrogen-bond donors (Lipinski definition) is 1. The van der Waals surface area contributed by atoms with E-state index in [0.717, 1.165) is 11.1 Å². The molecule has 2 aromatic rings. The summed E-state index contributed by atoms with van der Waals surface area (Å²) >= 11 is 0. The molecule has 0 fully saturated rings. The third kappa shape index (κ3) is 6.90. The number of carbonyl (C=O) groups excluding carboxylic acids is 2. The number of hydrogen-bond acceptors (Lipinski definition) is 3. The van der Waals surface area contributed by atoms with Crippen LogP contribution in [0, 0.1) is 26.2 Å². The van der Waals surface area contributed by atoms with Crippen LogP contribution in [0.4, 0.5) is 5.69 Å². The van der Waals surface area contributed by atoms with Crippen LogP contribution < -0.4 is 5.32 Å². The zero-order chi connectivity index (χ0) is 20.5. The molecule has 0 atom stereocenters. The molecule has 0 aliphatic heterocycles. The van der Waals surface area contributed by atoms with Crippen molar-refractivity contribution in [1.29, 1.82) is 0 Å². The Morgan fingerprint density at radius 2 is 1.54 bits per heavy atom. The molecule has 2 amide bonds. The maximum Gasteiger partial charge on any atom is 0.243 e. The molecule has 2 rings (SSSR count). The molecule has 0 aliphatic rings. The van der Waals surface area contributed by atoms with E-state index < -0.39 is 0 Å². The van der Waals surface area contributed by atoms with Crippen molar-refractivity contribution in [3.05, 3.63) is 65.2 Å². The smallest absolute Gasteiger partial charge is 0.243 e. The van der Waals surface area contributed by atoms with E-state index in [-0.39, 0.29) is 24.9 Å². The van der Waals surface area contributed by atoms with Gasteiger partial charge >= 0.3 is 0 Å². The monoisotopic (exact) mass is 377 g/mol. The van der Waals surface area contributed by atoms with E-state index in [0.29, 0.717) is 18.8 Å². The van der Waals surface area contributed by atoms with Crippen molar-refractivity contribution >= 4 is 17.5 Å². The highest BCUT2D eigenvalue weighted by Gasteiger charge is 2.17. The predicted molar refractivity (Wildman–Crippen MR) is 113 cm³/mol. The van der Waals surface area contributed by atoms with Crippen molar-refractivity contribution in [1.82, 2.24) is 9.80 Å². The molecule has 1 N–H and O–H groups in total. The fraction of sp³-hybridized carbons (Fsp3) is 0.304. The lowest BCUT2D eigenvalue weighted by molar-refractivity contribution is -0.134. The van der Waals surface area contributed by atoms with Gasteiger partial charge in [-0.25, -0.2) is 0 Å². The number of likely N-dealkylation sites (N-methyl/N-ethyl adjacent to an activating group) is 1. The Balaban J connectivity index is 1.88. The van der Waals surface area contributed by atoms with Crippen molar-refractivity contribution in [2.75, 3.05) is 32.0 Å². The number of anilines is 1. The average molecular weight is 377 g/mol. The first-order valence-electron chi connectivity index (χ1n) is 9.19. The number of rotatable bonds is 8. The molecular weight excluding hydrogens is 350 g/mol. The largest absolute Gasteiger partial charge is 0.335 e. The highest BCUT2D eigenvalue weighted by molar-refractivity contribution is 5.94. The predicted octanol–water partition coefficient (Wildman–Crippen LogP) is 2.84. The highest BCUT2D eigenvalue weighted by atomic mass is 16.2. The summed E-state index contributed by atoms with van der Waals surface area (Å²) in [4.78, 5) is 28.0. The number of terminal acetylenes is 1. The number of nitrogens with one attached hydrogen (secondary N) is 1. The molecular formula is C23H27N3O2. The van der Waals surface area contributed by atoms with Crippen molar-refractivity contribution < 1.29 is 9.59 Å². The summed E-state index contributed by atoms with van der Waals surface area (Å²) < 4.78 is 0. The minimum absolute atomic E-state index is 0.0128. The van der Waals surface area contributed by atoms with Crippen LogP contribution in [-0.4, -0.2) is 48.3 Å². The molecule has 0 bridgehead atoms. The van der Waals surface area contributed by atoms with Crippen molar-refractivity contribution in [3.8, 4) is 12.3 Å². The number of carbonyl (C=O) groups is 2. The van der Waals surface area contributed by atoms with Gasteiger partial charge in [0.2, 0.25) is 11.8 Å². The van der Waals surface area contributed by atoms with Gasteiger partial charge in [0.25, 0.3) is 0 Å². The van der Waals surface area contributed by atoms with Gasteiger partial charge in [-0.15, -0.1) is 6.42 Å². The SMILES string of the molecule is C#CCN(CC(=O)N(C)CC(=O)Nc1ccc(C)cc1)Cc1ccc(C)cc1. The quantitative estimate of drug-likeness (QED) is 0.720. The zero-order valence-electron chi connectivity index (χ0n) is 16.7. The van der Waals surface area contributed by atoms with E-state index >= 15 is 0 Å². The Bertz CT molecular complexity index is 836. The van der Waals surface area contributed by atoms with Crippen molar-refractivity contribution in [2.24, 2.45) is 0 Å². The molecule has 0 saturated carbocycles. The Hall–Kier alpha value is -3.10. The van der Waals surface area contributed by atoms with Gasteiger partial charge in [-0.1, -0.05) is 53.4 Å². The lowest BCUT2D eigenvalue weighted by Crippen LogP contribution is -2.41. The van der Waals surface area contributed by atoms with Gasteiger partial charge in [-0.2, -0.15) is 0 Å². The number of amides is 2. The summed E-state index contributed by atoms with van der Waals surface area (Å²) in [5.74, 6) is 2.21. The summed E-state index contributed by atoms with van der Waals surface area (Å²) in [6.07, 6.45) is 5.46. The zero-order valence-corrected chi connectivity index (χ0v) is 16.7. The fourth-order valence-electron chi connectivity index (χ4n) is 2.70. The maximum atomic E-state index is 12.5. The van der Waals surface area contributed by atoms with Crippen LogP contribution in [0.15, 0.2) is 48.5 Å². The van der Waals surface area contributed by atoms with Crippen LogP contribution >= 0.6 is 0 Å². The lowest BCUT2D eigenvalue weighted by Gasteiger charge is -2.23. The van der Waals surface area contributed by atoms with Crippen LogP contribution in [0.5, 0.6) is 0 Å². The summed E-state index contributed by atoms with van der Waals surface area (Å²) in [5.41, 5.74) is 4.10. The van der Waals surface area contributed by atoms with Crippen molar-refractivity contribution in [3.63, 3.8) is 0 Å². The topological polar surface area (TPSA) is 52.7 Å². The Labute approximate surface area is 167 Å². The van der Waals surface area contributed by atoms with E-state index in [1.54, 1.807) is 7.05 Å². The van der Waals surface area contributed by atoms with Gasteiger partial charge < -0.3 is 10.2 Å². The van der Waals surface area contributed by atoms with E-state index in [2.05, 4.69) is 11.2 Å².